The van der Waals surface area contributed by atoms with E-state index in [0.717, 1.165) is 31.4 Å². The van der Waals surface area contributed by atoms with Gasteiger partial charge in [0.1, 0.15) is 39.3 Å². The first-order chi connectivity index (χ1) is 30.6. The number of benzene rings is 3. The normalized spacial score (nSPS) is 13.4. The third kappa shape index (κ3) is 17.9. The van der Waals surface area contributed by atoms with Gasteiger partial charge in [0, 0.05) is 39.3 Å². The Morgan fingerprint density at radius 2 is 0.683 bits per heavy atom. The Labute approximate surface area is 372 Å². The van der Waals surface area contributed by atoms with Crippen molar-refractivity contribution in [2.75, 3.05) is 98.4 Å². The topological polar surface area (TPSA) is 150 Å². The van der Waals surface area contributed by atoms with Crippen molar-refractivity contribution in [1.29, 1.82) is 0 Å². The number of carbonyl (C=O) groups excluding carboxylic acids is 6. The Kier molecular flexibility index (Phi) is 22.3. The SMILES string of the molecule is CCCN(CCOCc1ccccc1)C(=O)CN1CC(=O)N(CC(=O)N(CCC)CCOCc2ccccc2)CC(=O)N(CC(=O)N(CCC)CCOCc2ccccc2)CC1=O. The lowest BCUT2D eigenvalue weighted by Gasteiger charge is -2.29. The molecule has 15 nitrogen and oxygen atoms in total. The molecule has 0 N–H and O–H groups in total. The Morgan fingerprint density at radius 1 is 0.429 bits per heavy atom. The second-order valence-electron chi connectivity index (χ2n) is 15.5. The highest BCUT2D eigenvalue weighted by atomic mass is 16.5. The highest BCUT2D eigenvalue weighted by Gasteiger charge is 2.34. The van der Waals surface area contributed by atoms with Crippen molar-refractivity contribution in [3.8, 4) is 0 Å². The largest absolute Gasteiger partial charge is 0.375 e. The number of hydrogen-bond donors (Lipinski definition) is 0. The monoisotopic (exact) mass is 870 g/mol. The molecular formula is C48H66N6O9. The van der Waals surface area contributed by atoms with E-state index in [0.29, 0.717) is 58.7 Å². The molecule has 0 aromatic heterocycles. The van der Waals surface area contributed by atoms with Gasteiger partial charge in [0.05, 0.1) is 39.6 Å². The van der Waals surface area contributed by atoms with Crippen molar-refractivity contribution >= 4 is 35.4 Å². The molecule has 15 heteroatoms. The number of amides is 6. The first-order valence-corrected chi connectivity index (χ1v) is 22.1. The lowest BCUT2D eigenvalue weighted by molar-refractivity contribution is -0.146. The molecule has 342 valence electrons. The van der Waals surface area contributed by atoms with E-state index in [4.69, 9.17) is 14.2 Å². The minimum absolute atomic E-state index is 0.255. The van der Waals surface area contributed by atoms with Crippen LogP contribution in [0.25, 0.3) is 0 Å². The Balaban J connectivity index is 1.49. The first kappa shape index (κ1) is 50.0. The molecule has 3 aromatic rings. The molecule has 1 saturated heterocycles. The molecule has 0 spiro atoms. The molecule has 3 aromatic carbocycles. The lowest BCUT2D eigenvalue weighted by Crippen LogP contribution is -2.50. The van der Waals surface area contributed by atoms with E-state index in [1.807, 2.05) is 112 Å². The number of nitrogens with zero attached hydrogens (tertiary/aromatic N) is 6. The molecule has 0 unspecified atom stereocenters. The third-order valence-corrected chi connectivity index (χ3v) is 10.4. The number of hydrogen-bond acceptors (Lipinski definition) is 9. The fraction of sp³-hybridized carbons (Fsp3) is 0.500. The summed E-state index contributed by atoms with van der Waals surface area (Å²) in [7, 11) is 0. The fourth-order valence-electron chi connectivity index (χ4n) is 6.99. The summed E-state index contributed by atoms with van der Waals surface area (Å²) in [5.74, 6) is -3.19. The summed E-state index contributed by atoms with van der Waals surface area (Å²) in [6.45, 7) is 6.74. The standard InChI is InChI=1S/C48H66N6O9/c1-4-22-49(25-28-61-37-40-16-10-7-11-17-40)43(55)31-52-34-47(59)54(33-45(57)51(24-6-3)27-30-63-39-42-20-14-9-15-21-42)36-48(60)53(35-46(52)58)32-44(56)50(23-5-2)26-29-62-38-41-18-12-8-13-19-41/h7-21H,4-6,22-39H2,1-3H3. The summed E-state index contributed by atoms with van der Waals surface area (Å²) < 4.78 is 17.6. The van der Waals surface area contributed by atoms with Crippen LogP contribution >= 0.6 is 0 Å². The molecule has 1 aliphatic rings. The van der Waals surface area contributed by atoms with Gasteiger partial charge in [0.15, 0.2) is 0 Å². The maximum absolute atomic E-state index is 14.1. The average Bonchev–Trinajstić information content (AvgIpc) is 3.32. The van der Waals surface area contributed by atoms with Crippen LogP contribution in [0.15, 0.2) is 91.0 Å². The van der Waals surface area contributed by atoms with Gasteiger partial charge < -0.3 is 43.6 Å². The van der Waals surface area contributed by atoms with Gasteiger partial charge in [-0.1, -0.05) is 112 Å². The van der Waals surface area contributed by atoms with E-state index >= 15 is 0 Å². The van der Waals surface area contributed by atoms with Crippen molar-refractivity contribution < 1.29 is 43.0 Å². The van der Waals surface area contributed by atoms with Crippen LogP contribution < -0.4 is 0 Å². The first-order valence-electron chi connectivity index (χ1n) is 22.1. The molecule has 6 amide bonds. The van der Waals surface area contributed by atoms with Crippen LogP contribution in [0.2, 0.25) is 0 Å². The van der Waals surface area contributed by atoms with Crippen LogP contribution in [0.3, 0.4) is 0 Å². The summed E-state index contributed by atoms with van der Waals surface area (Å²) in [4.78, 5) is 92.0. The van der Waals surface area contributed by atoms with E-state index in [2.05, 4.69) is 0 Å². The van der Waals surface area contributed by atoms with Gasteiger partial charge in [-0.25, -0.2) is 0 Å². The van der Waals surface area contributed by atoms with Crippen LogP contribution in [0, 0.1) is 0 Å². The molecule has 0 radical (unpaired) electrons. The zero-order chi connectivity index (χ0) is 45.2. The minimum atomic E-state index is -0.667. The smallest absolute Gasteiger partial charge is 0.243 e. The second kappa shape index (κ2) is 28.1. The van der Waals surface area contributed by atoms with Gasteiger partial charge in [-0.05, 0) is 36.0 Å². The summed E-state index contributed by atoms with van der Waals surface area (Å²) >= 11 is 0. The predicted molar refractivity (Wildman–Crippen MR) is 239 cm³/mol. The summed E-state index contributed by atoms with van der Waals surface area (Å²) in [5.41, 5.74) is 2.99. The van der Waals surface area contributed by atoms with Gasteiger partial charge in [0.25, 0.3) is 0 Å². The molecule has 0 aliphatic carbocycles. The van der Waals surface area contributed by atoms with Crippen LogP contribution in [-0.4, -0.2) is 163 Å². The Morgan fingerprint density at radius 3 is 0.921 bits per heavy atom. The zero-order valence-electron chi connectivity index (χ0n) is 37.4. The van der Waals surface area contributed by atoms with Crippen molar-refractivity contribution in [3.63, 3.8) is 0 Å². The van der Waals surface area contributed by atoms with Gasteiger partial charge >= 0.3 is 0 Å². The van der Waals surface area contributed by atoms with E-state index < -0.39 is 74.7 Å². The number of ether oxygens (including phenoxy) is 3. The van der Waals surface area contributed by atoms with E-state index in [-0.39, 0.29) is 39.5 Å². The van der Waals surface area contributed by atoms with E-state index in [1.54, 1.807) is 14.7 Å². The second-order valence-corrected chi connectivity index (χ2v) is 15.5. The fourth-order valence-corrected chi connectivity index (χ4v) is 6.99. The summed E-state index contributed by atoms with van der Waals surface area (Å²) in [6, 6.07) is 29.0. The lowest BCUT2D eigenvalue weighted by atomic mass is 10.2. The van der Waals surface area contributed by atoms with Crippen molar-refractivity contribution in [2.24, 2.45) is 0 Å². The van der Waals surface area contributed by atoms with Gasteiger partial charge in [-0.3, -0.25) is 28.8 Å². The van der Waals surface area contributed by atoms with Crippen molar-refractivity contribution in [1.82, 2.24) is 29.4 Å². The Hall–Kier alpha value is -5.64. The van der Waals surface area contributed by atoms with Crippen LogP contribution in [-0.2, 0) is 62.8 Å². The zero-order valence-corrected chi connectivity index (χ0v) is 37.4. The van der Waals surface area contributed by atoms with Crippen LogP contribution in [0.4, 0.5) is 0 Å². The maximum Gasteiger partial charge on any atom is 0.243 e. The molecule has 0 saturated carbocycles. The predicted octanol–water partition coefficient (Wildman–Crippen LogP) is 3.85. The van der Waals surface area contributed by atoms with E-state index in [1.165, 1.54) is 0 Å². The van der Waals surface area contributed by atoms with Gasteiger partial charge in [-0.15, -0.1) is 0 Å². The van der Waals surface area contributed by atoms with Gasteiger partial charge in [-0.2, -0.15) is 0 Å². The highest BCUT2D eigenvalue weighted by molar-refractivity contribution is 5.97. The average molecular weight is 871 g/mol. The number of carbonyl (C=O) groups is 6. The molecule has 0 atom stereocenters. The maximum atomic E-state index is 14.1. The van der Waals surface area contributed by atoms with Crippen molar-refractivity contribution in [3.05, 3.63) is 108 Å². The van der Waals surface area contributed by atoms with Crippen molar-refractivity contribution in [2.45, 2.75) is 59.9 Å². The molecule has 0 bridgehead atoms. The minimum Gasteiger partial charge on any atom is -0.375 e. The van der Waals surface area contributed by atoms with Crippen LogP contribution in [0.5, 0.6) is 0 Å². The Bertz CT molecular complexity index is 1640. The number of rotatable bonds is 27. The summed E-state index contributed by atoms with van der Waals surface area (Å²) in [6.07, 6.45) is 1.94. The quantitative estimate of drug-likeness (QED) is 0.104. The third-order valence-electron chi connectivity index (χ3n) is 10.4. The van der Waals surface area contributed by atoms with E-state index in [9.17, 15) is 28.8 Å². The van der Waals surface area contributed by atoms with Gasteiger partial charge in [0.2, 0.25) is 35.4 Å². The molecular weight excluding hydrogens is 805 g/mol. The molecule has 1 aliphatic heterocycles. The molecule has 63 heavy (non-hydrogen) atoms. The molecule has 1 fully saturated rings. The summed E-state index contributed by atoms with van der Waals surface area (Å²) in [5, 5.41) is 0. The molecule has 1 heterocycles. The highest BCUT2D eigenvalue weighted by Crippen LogP contribution is 2.10. The molecule has 4 rings (SSSR count). The van der Waals surface area contributed by atoms with Crippen LogP contribution in [0.1, 0.15) is 56.7 Å².